The van der Waals surface area contributed by atoms with Crippen LogP contribution in [0.3, 0.4) is 0 Å². The number of alkyl halides is 3. The van der Waals surface area contributed by atoms with Crippen LogP contribution in [-0.4, -0.2) is 31.6 Å². The highest BCUT2D eigenvalue weighted by Crippen LogP contribution is 2.30. The van der Waals surface area contributed by atoms with Crippen LogP contribution in [0.25, 0.3) is 5.57 Å². The monoisotopic (exact) mass is 394 g/mol. The molecule has 11 heteroatoms. The minimum atomic E-state index is -5.08. The lowest BCUT2D eigenvalue weighted by molar-refractivity contribution is -0.192. The molecule has 0 aromatic heterocycles. The van der Waals surface area contributed by atoms with E-state index in [1.807, 2.05) is 6.08 Å². The third-order valence-electron chi connectivity index (χ3n) is 3.46. The molecule has 0 bridgehead atoms. The molecule has 0 spiro atoms. The second-order valence-electron chi connectivity index (χ2n) is 5.39. The SMILES string of the molecule is NC(=O)c1ccc(S(N)(=O)=O)cc1C1=CCCCC1.O=C(O)C(F)(F)F. The fourth-order valence-corrected chi connectivity index (χ4v) is 2.80. The van der Waals surface area contributed by atoms with Crippen LogP contribution < -0.4 is 10.9 Å². The van der Waals surface area contributed by atoms with Gasteiger partial charge in [-0.3, -0.25) is 4.79 Å². The highest BCUT2D eigenvalue weighted by Gasteiger charge is 2.38. The Morgan fingerprint density at radius 3 is 2.12 bits per heavy atom. The molecule has 0 radical (unpaired) electrons. The van der Waals surface area contributed by atoms with Crippen molar-refractivity contribution in [2.24, 2.45) is 10.9 Å². The number of carbonyl (C=O) groups excluding carboxylic acids is 1. The Kier molecular flexibility index (Phi) is 6.93. The van der Waals surface area contributed by atoms with E-state index in [2.05, 4.69) is 0 Å². The maximum atomic E-state index is 11.4. The molecule has 7 nitrogen and oxygen atoms in total. The van der Waals surface area contributed by atoms with E-state index in [0.29, 0.717) is 11.1 Å². The zero-order chi connectivity index (χ0) is 20.1. The third-order valence-corrected chi connectivity index (χ3v) is 4.38. The van der Waals surface area contributed by atoms with E-state index in [9.17, 15) is 26.4 Å². The van der Waals surface area contributed by atoms with Crippen LogP contribution in [0, 0.1) is 0 Å². The molecule has 0 atom stereocenters. The average molecular weight is 394 g/mol. The van der Waals surface area contributed by atoms with Crippen molar-refractivity contribution >= 4 is 27.5 Å². The Bertz CT molecular complexity index is 832. The summed E-state index contributed by atoms with van der Waals surface area (Å²) in [4.78, 5) is 20.3. The van der Waals surface area contributed by atoms with Gasteiger partial charge in [0.25, 0.3) is 0 Å². The van der Waals surface area contributed by atoms with Crippen LogP contribution in [-0.2, 0) is 14.8 Å². The number of nitrogens with two attached hydrogens (primary N) is 2. The van der Waals surface area contributed by atoms with Crippen LogP contribution in [0.5, 0.6) is 0 Å². The fourth-order valence-electron chi connectivity index (χ4n) is 2.26. The zero-order valence-corrected chi connectivity index (χ0v) is 14.2. The summed E-state index contributed by atoms with van der Waals surface area (Å²) in [5, 5.41) is 12.2. The summed E-state index contributed by atoms with van der Waals surface area (Å²) < 4.78 is 54.5. The first-order valence-corrected chi connectivity index (χ1v) is 8.85. The van der Waals surface area contributed by atoms with Gasteiger partial charge in [0.1, 0.15) is 0 Å². The molecule has 0 heterocycles. The van der Waals surface area contributed by atoms with Gasteiger partial charge >= 0.3 is 12.1 Å². The van der Waals surface area contributed by atoms with Gasteiger partial charge in [0.15, 0.2) is 0 Å². The van der Waals surface area contributed by atoms with Crippen LogP contribution in [0.2, 0.25) is 0 Å². The van der Waals surface area contributed by atoms with Crippen LogP contribution in [0.1, 0.15) is 41.6 Å². The number of hydrogen-bond donors (Lipinski definition) is 3. The first-order valence-electron chi connectivity index (χ1n) is 7.30. The van der Waals surface area contributed by atoms with Gasteiger partial charge in [-0.25, -0.2) is 18.4 Å². The number of allylic oxidation sites excluding steroid dienone is 2. The Balaban J connectivity index is 0.000000412. The number of carboxylic acids is 1. The molecule has 1 aromatic carbocycles. The van der Waals surface area contributed by atoms with Crippen molar-refractivity contribution in [3.05, 3.63) is 35.4 Å². The maximum Gasteiger partial charge on any atom is 0.490 e. The van der Waals surface area contributed by atoms with Crippen LogP contribution in [0.15, 0.2) is 29.2 Å². The standard InChI is InChI=1S/C13H16N2O3S.C2HF3O2/c14-13(16)11-7-6-10(19(15,17)18)8-12(11)9-4-2-1-3-5-9;3-2(4,5)1(6)7/h4,6-8H,1-3,5H2,(H2,14,16)(H2,15,17,18);(H,6,7). The summed E-state index contributed by atoms with van der Waals surface area (Å²) in [7, 11) is -3.79. The van der Waals surface area contributed by atoms with E-state index >= 15 is 0 Å². The number of aliphatic carboxylic acids is 1. The van der Waals surface area contributed by atoms with E-state index < -0.39 is 28.1 Å². The topological polar surface area (TPSA) is 141 Å². The molecule has 1 aliphatic carbocycles. The van der Waals surface area contributed by atoms with Gasteiger partial charge in [-0.15, -0.1) is 0 Å². The molecule has 1 aromatic rings. The summed E-state index contributed by atoms with van der Waals surface area (Å²) >= 11 is 0. The van der Waals surface area contributed by atoms with E-state index in [1.165, 1.54) is 18.2 Å². The van der Waals surface area contributed by atoms with Gasteiger partial charge in [-0.05, 0) is 55.0 Å². The van der Waals surface area contributed by atoms with Gasteiger partial charge in [0, 0.05) is 5.56 Å². The summed E-state index contributed by atoms with van der Waals surface area (Å²) in [6.07, 6.45) is 0.799. The molecular weight excluding hydrogens is 377 g/mol. The van der Waals surface area contributed by atoms with Crippen LogP contribution >= 0.6 is 0 Å². The third kappa shape index (κ3) is 6.15. The lowest BCUT2D eigenvalue weighted by atomic mass is 9.90. The van der Waals surface area contributed by atoms with Gasteiger partial charge in [-0.2, -0.15) is 13.2 Å². The number of halogens is 3. The molecule has 2 rings (SSSR count). The maximum absolute atomic E-state index is 11.4. The van der Waals surface area contributed by atoms with Crippen molar-refractivity contribution in [1.29, 1.82) is 0 Å². The van der Waals surface area contributed by atoms with Crippen molar-refractivity contribution in [2.75, 3.05) is 0 Å². The molecule has 26 heavy (non-hydrogen) atoms. The number of primary sulfonamides is 1. The number of rotatable bonds is 3. The summed E-state index contributed by atoms with van der Waals surface area (Å²) in [5.41, 5.74) is 7.21. The lowest BCUT2D eigenvalue weighted by Crippen LogP contribution is -2.21. The molecule has 0 unspecified atom stereocenters. The van der Waals surface area contributed by atoms with Crippen LogP contribution in [0.4, 0.5) is 13.2 Å². The van der Waals surface area contributed by atoms with Crippen molar-refractivity contribution < 1.29 is 36.3 Å². The molecule has 0 aliphatic heterocycles. The number of carbonyl (C=O) groups is 2. The Hall–Kier alpha value is -2.40. The second kappa shape index (κ2) is 8.32. The summed E-state index contributed by atoms with van der Waals surface area (Å²) in [5.74, 6) is -3.32. The highest BCUT2D eigenvalue weighted by molar-refractivity contribution is 7.89. The smallest absolute Gasteiger partial charge is 0.475 e. The predicted molar refractivity (Wildman–Crippen MR) is 86.5 cm³/mol. The van der Waals surface area contributed by atoms with Crippen molar-refractivity contribution in [3.8, 4) is 0 Å². The fraction of sp³-hybridized carbons (Fsp3) is 0.333. The largest absolute Gasteiger partial charge is 0.490 e. The minimum Gasteiger partial charge on any atom is -0.475 e. The minimum absolute atomic E-state index is 0.000950. The number of primary amides is 1. The van der Waals surface area contributed by atoms with Crippen molar-refractivity contribution in [3.63, 3.8) is 0 Å². The molecule has 0 saturated carbocycles. The predicted octanol–water partition coefficient (Wildman–Crippen LogP) is 2.02. The number of hydrogen-bond acceptors (Lipinski definition) is 4. The quantitative estimate of drug-likeness (QED) is 0.719. The molecule has 5 N–H and O–H groups in total. The summed E-state index contributed by atoms with van der Waals surface area (Å²) in [6, 6.07) is 4.17. The first-order chi connectivity index (χ1) is 11.8. The number of carboxylic acid groups (broad SMARTS) is 1. The van der Waals surface area contributed by atoms with Gasteiger partial charge in [0.2, 0.25) is 15.9 Å². The van der Waals surface area contributed by atoms with E-state index in [0.717, 1.165) is 31.3 Å². The Morgan fingerprint density at radius 1 is 1.15 bits per heavy atom. The highest BCUT2D eigenvalue weighted by atomic mass is 32.2. The Labute approximate surface area is 147 Å². The summed E-state index contributed by atoms with van der Waals surface area (Å²) in [6.45, 7) is 0. The average Bonchev–Trinajstić information content (AvgIpc) is 2.54. The zero-order valence-electron chi connectivity index (χ0n) is 13.4. The molecular formula is C15H17F3N2O5S. The van der Waals surface area contributed by atoms with Gasteiger partial charge in [0.05, 0.1) is 4.90 Å². The van der Waals surface area contributed by atoms with E-state index in [-0.39, 0.29) is 4.90 Å². The number of benzene rings is 1. The molecule has 1 aliphatic rings. The van der Waals surface area contributed by atoms with Crippen molar-refractivity contribution in [1.82, 2.24) is 0 Å². The van der Waals surface area contributed by atoms with Gasteiger partial charge < -0.3 is 10.8 Å². The van der Waals surface area contributed by atoms with Crippen molar-refractivity contribution in [2.45, 2.75) is 36.8 Å². The lowest BCUT2D eigenvalue weighted by Gasteiger charge is -2.16. The van der Waals surface area contributed by atoms with Gasteiger partial charge in [-0.1, -0.05) is 6.08 Å². The molecule has 1 amide bonds. The Morgan fingerprint density at radius 2 is 1.73 bits per heavy atom. The first kappa shape index (κ1) is 21.6. The van der Waals surface area contributed by atoms with E-state index in [4.69, 9.17) is 20.8 Å². The second-order valence-corrected chi connectivity index (χ2v) is 6.96. The molecule has 0 saturated heterocycles. The van der Waals surface area contributed by atoms with E-state index in [1.54, 1.807) is 0 Å². The molecule has 0 fully saturated rings. The number of amides is 1. The number of sulfonamides is 1. The molecule has 144 valence electrons. The normalized spacial score (nSPS) is 14.7.